The molecular weight excluding hydrogens is 342 g/mol. The lowest BCUT2D eigenvalue weighted by Crippen LogP contribution is -2.45. The van der Waals surface area contributed by atoms with Crippen molar-refractivity contribution in [2.75, 3.05) is 18.8 Å². The molecule has 1 aliphatic rings. The van der Waals surface area contributed by atoms with Crippen LogP contribution in [0.3, 0.4) is 0 Å². The molecule has 0 bridgehead atoms. The average Bonchev–Trinajstić information content (AvgIpc) is 2.62. The van der Waals surface area contributed by atoms with E-state index in [1.165, 1.54) is 33.4 Å². The molecule has 2 heterocycles. The minimum Gasteiger partial charge on any atom is -0.398 e. The molecule has 28 heavy (non-hydrogen) atoms. The molecule has 0 amide bonds. The predicted octanol–water partition coefficient (Wildman–Crippen LogP) is 5.47. The molecule has 0 atom stereocenters. The van der Waals surface area contributed by atoms with E-state index in [-0.39, 0.29) is 0 Å². The van der Waals surface area contributed by atoms with Crippen molar-refractivity contribution in [1.82, 2.24) is 9.88 Å². The molecule has 1 aliphatic heterocycles. The summed E-state index contributed by atoms with van der Waals surface area (Å²) in [7, 11) is 0. The molecule has 0 radical (unpaired) electrons. The first-order valence-electron chi connectivity index (χ1n) is 10.2. The lowest BCUT2D eigenvalue weighted by molar-refractivity contribution is 0.122. The number of allylic oxidation sites excluding steroid dienone is 1. The van der Waals surface area contributed by atoms with Gasteiger partial charge in [0.15, 0.2) is 0 Å². The van der Waals surface area contributed by atoms with Crippen LogP contribution in [0.4, 0.5) is 5.69 Å². The zero-order valence-electron chi connectivity index (χ0n) is 17.9. The number of benzene rings is 1. The Morgan fingerprint density at radius 3 is 2.61 bits per heavy atom. The third-order valence-electron chi connectivity index (χ3n) is 5.77. The van der Waals surface area contributed by atoms with Crippen LogP contribution in [0, 0.1) is 19.8 Å². The van der Waals surface area contributed by atoms with E-state index >= 15 is 0 Å². The minimum absolute atomic E-state index is 0.423. The lowest BCUT2D eigenvalue weighted by atomic mass is 9.87. The van der Waals surface area contributed by atoms with Gasteiger partial charge in [0.25, 0.3) is 0 Å². The van der Waals surface area contributed by atoms with Crippen LogP contribution in [-0.4, -0.2) is 23.0 Å². The van der Waals surface area contributed by atoms with Gasteiger partial charge in [0.1, 0.15) is 0 Å². The van der Waals surface area contributed by atoms with Crippen molar-refractivity contribution in [2.45, 2.75) is 47.1 Å². The molecule has 3 nitrogen and oxygen atoms in total. The summed E-state index contributed by atoms with van der Waals surface area (Å²) in [5.74, 6) is 1.04. The Morgan fingerprint density at radius 1 is 1.29 bits per heavy atom. The molecule has 3 rings (SSSR count). The van der Waals surface area contributed by atoms with Crippen molar-refractivity contribution in [3.8, 4) is 0 Å². The molecule has 2 aromatic rings. The Morgan fingerprint density at radius 2 is 2.00 bits per heavy atom. The Kier molecular flexibility index (Phi) is 6.04. The maximum Gasteiger partial charge on any atom is 0.0379 e. The van der Waals surface area contributed by atoms with Crippen molar-refractivity contribution in [2.24, 2.45) is 5.92 Å². The normalized spacial score (nSPS) is 15.7. The maximum absolute atomic E-state index is 6.61. The van der Waals surface area contributed by atoms with Gasteiger partial charge in [0.05, 0.1) is 0 Å². The van der Waals surface area contributed by atoms with Crippen LogP contribution >= 0.6 is 0 Å². The van der Waals surface area contributed by atoms with Crippen LogP contribution in [0.1, 0.15) is 60.2 Å². The lowest BCUT2D eigenvalue weighted by Gasteiger charge is -2.38. The summed E-state index contributed by atoms with van der Waals surface area (Å²) in [5, 5.41) is 0. The number of nitrogens with two attached hydrogens (primary N) is 1. The van der Waals surface area contributed by atoms with Gasteiger partial charge in [-0.2, -0.15) is 0 Å². The fourth-order valence-electron chi connectivity index (χ4n) is 4.08. The second-order valence-corrected chi connectivity index (χ2v) is 8.32. The smallest absolute Gasteiger partial charge is 0.0379 e. The van der Waals surface area contributed by atoms with Gasteiger partial charge in [-0.1, -0.05) is 32.1 Å². The molecule has 1 fully saturated rings. The zero-order chi connectivity index (χ0) is 20.4. The highest BCUT2D eigenvalue weighted by atomic mass is 15.2. The molecule has 0 saturated carbocycles. The highest BCUT2D eigenvalue weighted by Gasteiger charge is 2.26. The third-order valence-corrected chi connectivity index (χ3v) is 5.77. The SMILES string of the molecule is C=CC1CN(Cc2c(N)cc(/C(=C/C)c3cc(C)ncc3C)cc2C(C)C)C1. The number of nitrogens with zero attached hydrogens (tertiary/aromatic N) is 2. The van der Waals surface area contributed by atoms with Crippen molar-refractivity contribution in [3.05, 3.63) is 76.6 Å². The molecule has 1 aromatic carbocycles. The van der Waals surface area contributed by atoms with E-state index in [9.17, 15) is 0 Å². The number of aryl methyl sites for hydroxylation is 2. The summed E-state index contributed by atoms with van der Waals surface area (Å²) in [4.78, 5) is 6.88. The van der Waals surface area contributed by atoms with E-state index in [2.05, 4.69) is 74.5 Å². The molecule has 2 N–H and O–H groups in total. The van der Waals surface area contributed by atoms with Gasteiger partial charge >= 0.3 is 0 Å². The molecule has 3 heteroatoms. The second-order valence-electron chi connectivity index (χ2n) is 8.32. The van der Waals surface area contributed by atoms with Crippen LogP contribution < -0.4 is 5.73 Å². The standard InChI is InChI=1S/C25H33N3/c1-7-19-13-28(14-19)15-24-22(16(3)4)10-20(11-25(24)26)21(8-2)23-9-18(6)27-12-17(23)5/h7-12,16,19H,1,13-15,26H2,2-6H3/b21-8-. The van der Waals surface area contributed by atoms with E-state index < -0.39 is 0 Å². The third kappa shape index (κ3) is 4.05. The van der Waals surface area contributed by atoms with Crippen LogP contribution in [0.2, 0.25) is 0 Å². The van der Waals surface area contributed by atoms with Gasteiger partial charge in [0, 0.05) is 43.1 Å². The minimum atomic E-state index is 0.423. The first-order valence-corrected chi connectivity index (χ1v) is 10.2. The van der Waals surface area contributed by atoms with E-state index in [0.717, 1.165) is 31.0 Å². The first-order chi connectivity index (χ1) is 13.3. The molecular formula is C25H33N3. The van der Waals surface area contributed by atoms with Gasteiger partial charge in [-0.25, -0.2) is 0 Å². The highest BCUT2D eigenvalue weighted by molar-refractivity contribution is 5.83. The van der Waals surface area contributed by atoms with Crippen LogP contribution in [0.5, 0.6) is 0 Å². The fraction of sp³-hybridized carbons (Fsp3) is 0.400. The first kappa shape index (κ1) is 20.3. The molecule has 1 aromatic heterocycles. The summed E-state index contributed by atoms with van der Waals surface area (Å²) in [6.45, 7) is 17.7. The van der Waals surface area contributed by atoms with E-state index in [0.29, 0.717) is 11.8 Å². The number of rotatable bonds is 6. The zero-order valence-corrected chi connectivity index (χ0v) is 17.9. The quantitative estimate of drug-likeness (QED) is 0.537. The van der Waals surface area contributed by atoms with Gasteiger partial charge in [-0.15, -0.1) is 6.58 Å². The number of hydrogen-bond donors (Lipinski definition) is 1. The molecule has 148 valence electrons. The maximum atomic E-state index is 6.61. The summed E-state index contributed by atoms with van der Waals surface area (Å²) >= 11 is 0. The molecule has 0 unspecified atom stereocenters. The van der Waals surface area contributed by atoms with Gasteiger partial charge in [-0.3, -0.25) is 9.88 Å². The average molecular weight is 376 g/mol. The van der Waals surface area contributed by atoms with Crippen molar-refractivity contribution in [1.29, 1.82) is 0 Å². The summed E-state index contributed by atoms with van der Waals surface area (Å²) in [6, 6.07) is 6.65. The molecule has 0 spiro atoms. The summed E-state index contributed by atoms with van der Waals surface area (Å²) in [5.41, 5.74) is 16.0. The number of aromatic nitrogens is 1. The highest BCUT2D eigenvalue weighted by Crippen LogP contribution is 2.35. The van der Waals surface area contributed by atoms with Crippen LogP contribution in [0.25, 0.3) is 5.57 Å². The Hall–Kier alpha value is -2.39. The summed E-state index contributed by atoms with van der Waals surface area (Å²) in [6.07, 6.45) is 6.20. The van der Waals surface area contributed by atoms with Crippen LogP contribution in [0.15, 0.2) is 43.1 Å². The monoisotopic (exact) mass is 375 g/mol. The Balaban J connectivity index is 2.00. The predicted molar refractivity (Wildman–Crippen MR) is 120 cm³/mol. The Labute approximate surface area is 170 Å². The van der Waals surface area contributed by atoms with E-state index in [1.54, 1.807) is 0 Å². The number of likely N-dealkylation sites (tertiary alicyclic amines) is 1. The van der Waals surface area contributed by atoms with Crippen molar-refractivity contribution < 1.29 is 0 Å². The molecule has 0 aliphatic carbocycles. The van der Waals surface area contributed by atoms with Crippen molar-refractivity contribution >= 4 is 11.3 Å². The topological polar surface area (TPSA) is 42.1 Å². The van der Waals surface area contributed by atoms with Gasteiger partial charge in [0.2, 0.25) is 0 Å². The number of hydrogen-bond acceptors (Lipinski definition) is 3. The largest absolute Gasteiger partial charge is 0.398 e. The van der Waals surface area contributed by atoms with Crippen LogP contribution in [-0.2, 0) is 6.54 Å². The fourth-order valence-corrected chi connectivity index (χ4v) is 4.08. The van der Waals surface area contributed by atoms with E-state index in [1.807, 2.05) is 13.1 Å². The van der Waals surface area contributed by atoms with Gasteiger partial charge < -0.3 is 5.73 Å². The molecule has 1 saturated heterocycles. The number of pyridine rings is 1. The van der Waals surface area contributed by atoms with E-state index in [4.69, 9.17) is 5.73 Å². The number of anilines is 1. The van der Waals surface area contributed by atoms with Crippen molar-refractivity contribution in [3.63, 3.8) is 0 Å². The Bertz CT molecular complexity index is 902. The second kappa shape index (κ2) is 8.32. The summed E-state index contributed by atoms with van der Waals surface area (Å²) < 4.78 is 0. The van der Waals surface area contributed by atoms with Gasteiger partial charge in [-0.05, 0) is 72.2 Å². The number of nitrogen functional groups attached to an aromatic ring is 1.